The van der Waals surface area contributed by atoms with E-state index in [1.807, 2.05) is 0 Å². The number of hydrogen-bond acceptors (Lipinski definition) is 3. The van der Waals surface area contributed by atoms with E-state index in [0.29, 0.717) is 5.92 Å². The summed E-state index contributed by atoms with van der Waals surface area (Å²) < 4.78 is 25.8. The van der Waals surface area contributed by atoms with Crippen molar-refractivity contribution in [3.8, 4) is 0 Å². The molecule has 2 aliphatic carbocycles. The summed E-state index contributed by atoms with van der Waals surface area (Å²) >= 11 is 1.64. The van der Waals surface area contributed by atoms with Crippen molar-refractivity contribution in [3.05, 3.63) is 5.82 Å². The van der Waals surface area contributed by atoms with Gasteiger partial charge in [-0.25, -0.2) is 13.8 Å². The van der Waals surface area contributed by atoms with E-state index in [-0.39, 0.29) is 23.7 Å². The summed E-state index contributed by atoms with van der Waals surface area (Å²) in [6.45, 7) is 6.28. The Balaban J connectivity index is 1.45. The molecule has 3 nitrogen and oxygen atoms in total. The van der Waals surface area contributed by atoms with E-state index < -0.39 is 5.92 Å². The second-order valence-electron chi connectivity index (χ2n) is 7.51. The van der Waals surface area contributed by atoms with Crippen LogP contribution in [0.4, 0.5) is 8.78 Å². The molecular weight excluding hydrogens is 280 g/mol. The van der Waals surface area contributed by atoms with Crippen molar-refractivity contribution in [2.24, 2.45) is 11.3 Å². The maximum Gasteiger partial charge on any atom is 0.249 e. The van der Waals surface area contributed by atoms with Crippen molar-refractivity contribution in [1.82, 2.24) is 15.2 Å². The lowest BCUT2D eigenvalue weighted by molar-refractivity contribution is -0.203. The van der Waals surface area contributed by atoms with Crippen molar-refractivity contribution >= 4 is 11.8 Å². The van der Waals surface area contributed by atoms with E-state index in [0.717, 1.165) is 29.6 Å². The van der Waals surface area contributed by atoms with Gasteiger partial charge in [-0.3, -0.25) is 5.10 Å². The number of aromatic nitrogens is 3. The van der Waals surface area contributed by atoms with E-state index in [4.69, 9.17) is 0 Å². The number of H-pyrrole nitrogens is 1. The Morgan fingerprint density at radius 3 is 2.45 bits per heavy atom. The molecule has 20 heavy (non-hydrogen) atoms. The highest BCUT2D eigenvalue weighted by atomic mass is 32.2. The molecule has 0 aromatic carbocycles. The maximum absolute atomic E-state index is 12.9. The second kappa shape index (κ2) is 4.42. The summed E-state index contributed by atoms with van der Waals surface area (Å²) in [5.41, 5.74) is -0.0475. The zero-order valence-electron chi connectivity index (χ0n) is 12.2. The van der Waals surface area contributed by atoms with Crippen LogP contribution in [0.2, 0.25) is 0 Å². The van der Waals surface area contributed by atoms with Crippen molar-refractivity contribution in [1.29, 1.82) is 0 Å². The first-order valence-corrected chi connectivity index (χ1v) is 8.10. The number of hydrogen-bond donors (Lipinski definition) is 1. The monoisotopic (exact) mass is 301 g/mol. The number of aromatic amines is 1. The van der Waals surface area contributed by atoms with E-state index >= 15 is 0 Å². The molecule has 3 rings (SSSR count). The Bertz CT molecular complexity index is 491. The fraction of sp³-hybridized carbons (Fsp3) is 0.857. The van der Waals surface area contributed by atoms with E-state index in [1.54, 1.807) is 11.8 Å². The SMILES string of the molecule is CC(C)(C)c1nc(SCC2CC3(C2)CC(F)(F)C3)n[nH]1. The number of thioether (sulfide) groups is 1. The molecule has 1 N–H and O–H groups in total. The maximum atomic E-state index is 12.9. The molecule has 1 aromatic rings. The third kappa shape index (κ3) is 2.71. The van der Waals surface area contributed by atoms with Gasteiger partial charge in [0.25, 0.3) is 0 Å². The van der Waals surface area contributed by atoms with Crippen molar-refractivity contribution < 1.29 is 8.78 Å². The molecule has 2 saturated carbocycles. The van der Waals surface area contributed by atoms with Crippen molar-refractivity contribution in [2.75, 3.05) is 5.75 Å². The number of nitrogens with zero attached hydrogens (tertiary/aromatic N) is 2. The third-order valence-corrected chi connectivity index (χ3v) is 5.41. The van der Waals surface area contributed by atoms with E-state index in [1.165, 1.54) is 0 Å². The first-order chi connectivity index (χ1) is 9.18. The second-order valence-corrected chi connectivity index (χ2v) is 8.50. The highest BCUT2D eigenvalue weighted by Crippen LogP contribution is 2.64. The third-order valence-electron chi connectivity index (χ3n) is 4.33. The lowest BCUT2D eigenvalue weighted by Gasteiger charge is -2.57. The molecule has 6 heteroatoms. The summed E-state index contributed by atoms with van der Waals surface area (Å²) in [5.74, 6) is -0.00509. The Morgan fingerprint density at radius 1 is 1.30 bits per heavy atom. The van der Waals surface area contributed by atoms with E-state index in [2.05, 4.69) is 36.0 Å². The number of halogens is 2. The molecule has 0 bridgehead atoms. The van der Waals surface area contributed by atoms with Gasteiger partial charge in [-0.15, -0.1) is 5.10 Å². The van der Waals surface area contributed by atoms with Gasteiger partial charge in [-0.1, -0.05) is 32.5 Å². The Labute approximate surface area is 122 Å². The van der Waals surface area contributed by atoms with Crippen LogP contribution in [0.5, 0.6) is 0 Å². The lowest BCUT2D eigenvalue weighted by atomic mass is 9.51. The highest BCUT2D eigenvalue weighted by Gasteiger charge is 2.61. The molecule has 0 amide bonds. The minimum Gasteiger partial charge on any atom is -0.262 e. The van der Waals surface area contributed by atoms with Crippen molar-refractivity contribution in [2.45, 2.75) is 62.9 Å². The minimum atomic E-state index is -2.39. The van der Waals surface area contributed by atoms with Crippen LogP contribution >= 0.6 is 11.8 Å². The number of alkyl halides is 2. The molecule has 0 aliphatic heterocycles. The Hall–Kier alpha value is -0.650. The Kier molecular flexibility index (Phi) is 3.16. The van der Waals surface area contributed by atoms with Crippen LogP contribution in [0, 0.1) is 11.3 Å². The molecule has 2 aliphatic rings. The average molecular weight is 301 g/mol. The fourth-order valence-corrected chi connectivity index (χ4v) is 4.34. The zero-order valence-corrected chi connectivity index (χ0v) is 13.0. The van der Waals surface area contributed by atoms with Gasteiger partial charge in [0, 0.05) is 24.0 Å². The van der Waals surface area contributed by atoms with E-state index in [9.17, 15) is 8.78 Å². The van der Waals surface area contributed by atoms with Gasteiger partial charge in [-0.2, -0.15) is 0 Å². The van der Waals surface area contributed by atoms with Crippen molar-refractivity contribution in [3.63, 3.8) is 0 Å². The van der Waals surface area contributed by atoms with Gasteiger partial charge in [0.15, 0.2) is 0 Å². The predicted molar refractivity (Wildman–Crippen MR) is 75.1 cm³/mol. The molecule has 2 fully saturated rings. The molecule has 0 saturated heterocycles. The van der Waals surface area contributed by atoms with Crippen LogP contribution in [-0.4, -0.2) is 26.9 Å². The lowest BCUT2D eigenvalue weighted by Crippen LogP contribution is -2.54. The molecular formula is C14H21F2N3S. The van der Waals surface area contributed by atoms with Crippen LogP contribution in [-0.2, 0) is 5.41 Å². The molecule has 0 unspecified atom stereocenters. The first kappa shape index (κ1) is 14.3. The minimum absolute atomic E-state index is 0.0235. The van der Waals surface area contributed by atoms with Crippen LogP contribution in [0.3, 0.4) is 0 Å². The molecule has 1 spiro atoms. The molecule has 112 valence electrons. The van der Waals surface area contributed by atoms with Gasteiger partial charge in [0.2, 0.25) is 11.1 Å². The standard InChI is InChI=1S/C14H21F2N3S/c1-12(2,3)10-17-11(19-18-10)20-6-9-4-13(5-9)7-14(15,16)8-13/h9H,4-8H2,1-3H3,(H,17,18,19). The van der Waals surface area contributed by atoms with Gasteiger partial charge < -0.3 is 0 Å². The van der Waals surface area contributed by atoms with Gasteiger partial charge in [0.05, 0.1) is 0 Å². The summed E-state index contributed by atoms with van der Waals surface area (Å²) in [4.78, 5) is 4.48. The molecule has 1 aromatic heterocycles. The number of nitrogens with one attached hydrogen (secondary N) is 1. The molecule has 0 atom stereocenters. The van der Waals surface area contributed by atoms with Gasteiger partial charge in [-0.05, 0) is 24.2 Å². The van der Waals surface area contributed by atoms with Crippen LogP contribution in [0.1, 0.15) is 52.3 Å². The first-order valence-electron chi connectivity index (χ1n) is 7.11. The summed E-state index contributed by atoms with van der Waals surface area (Å²) in [7, 11) is 0. The van der Waals surface area contributed by atoms with Crippen LogP contribution in [0.25, 0.3) is 0 Å². The van der Waals surface area contributed by atoms with Crippen LogP contribution < -0.4 is 0 Å². The fourth-order valence-electron chi connectivity index (χ4n) is 3.46. The Morgan fingerprint density at radius 2 is 1.95 bits per heavy atom. The summed E-state index contributed by atoms with van der Waals surface area (Å²) in [6, 6.07) is 0. The smallest absolute Gasteiger partial charge is 0.249 e. The summed E-state index contributed by atoms with van der Waals surface area (Å²) in [6.07, 6.45) is 2.12. The topological polar surface area (TPSA) is 41.6 Å². The number of rotatable bonds is 3. The zero-order chi connectivity index (χ0) is 14.6. The molecule has 0 radical (unpaired) electrons. The normalized spacial score (nSPS) is 24.4. The highest BCUT2D eigenvalue weighted by molar-refractivity contribution is 7.99. The van der Waals surface area contributed by atoms with Gasteiger partial charge >= 0.3 is 0 Å². The molecule has 1 heterocycles. The average Bonchev–Trinajstić information content (AvgIpc) is 2.67. The largest absolute Gasteiger partial charge is 0.262 e. The quantitative estimate of drug-likeness (QED) is 0.857. The predicted octanol–water partition coefficient (Wildman–Crippen LogP) is 4.02. The van der Waals surface area contributed by atoms with Gasteiger partial charge in [0.1, 0.15) is 5.82 Å². The van der Waals surface area contributed by atoms with Crippen LogP contribution in [0.15, 0.2) is 5.16 Å². The summed E-state index contributed by atoms with van der Waals surface area (Å²) in [5, 5.41) is 7.96.